The molecule has 1 saturated carbocycles. The highest BCUT2D eigenvalue weighted by Crippen LogP contribution is 2.40. The molecule has 0 spiro atoms. The van der Waals surface area contributed by atoms with E-state index in [2.05, 4.69) is 6.92 Å². The Morgan fingerprint density at radius 1 is 1.47 bits per heavy atom. The molecule has 1 aliphatic rings. The molecular weight excluding hydrogens is 188 g/mol. The van der Waals surface area contributed by atoms with E-state index in [-0.39, 0.29) is 11.5 Å². The first kappa shape index (κ1) is 10.5. The Balaban J connectivity index is 2.08. The van der Waals surface area contributed by atoms with E-state index in [1.807, 2.05) is 18.2 Å². The normalized spacial score (nSPS) is 30.7. The SMILES string of the molecule is CC1(Cc2cccc(O)c2)CCC(O)C1. The van der Waals surface area contributed by atoms with Crippen molar-refractivity contribution in [3.05, 3.63) is 29.8 Å². The third kappa shape index (κ3) is 2.51. The maximum absolute atomic E-state index is 9.55. The van der Waals surface area contributed by atoms with E-state index < -0.39 is 0 Å². The second-order valence-electron chi connectivity index (χ2n) is 5.05. The summed E-state index contributed by atoms with van der Waals surface area (Å²) in [7, 11) is 0. The lowest BCUT2D eigenvalue weighted by Crippen LogP contribution is -2.16. The molecule has 15 heavy (non-hydrogen) atoms. The summed E-state index contributed by atoms with van der Waals surface area (Å²) in [6.07, 6.45) is 3.67. The number of hydrogen-bond acceptors (Lipinski definition) is 2. The second kappa shape index (κ2) is 3.86. The van der Waals surface area contributed by atoms with Crippen LogP contribution < -0.4 is 0 Å². The van der Waals surface area contributed by atoms with Crippen LogP contribution >= 0.6 is 0 Å². The summed E-state index contributed by atoms with van der Waals surface area (Å²) < 4.78 is 0. The summed E-state index contributed by atoms with van der Waals surface area (Å²) in [6.45, 7) is 2.22. The third-order valence-corrected chi connectivity index (χ3v) is 3.35. The number of aromatic hydroxyl groups is 1. The van der Waals surface area contributed by atoms with E-state index in [9.17, 15) is 10.2 Å². The van der Waals surface area contributed by atoms with Gasteiger partial charge in [-0.3, -0.25) is 0 Å². The van der Waals surface area contributed by atoms with Crippen molar-refractivity contribution in [1.82, 2.24) is 0 Å². The van der Waals surface area contributed by atoms with Gasteiger partial charge in [-0.1, -0.05) is 19.1 Å². The average molecular weight is 206 g/mol. The van der Waals surface area contributed by atoms with Gasteiger partial charge in [0.05, 0.1) is 6.10 Å². The summed E-state index contributed by atoms with van der Waals surface area (Å²) in [5.74, 6) is 0.328. The highest BCUT2D eigenvalue weighted by Gasteiger charge is 2.34. The minimum Gasteiger partial charge on any atom is -0.508 e. The van der Waals surface area contributed by atoms with Crippen molar-refractivity contribution in [3.8, 4) is 5.75 Å². The van der Waals surface area contributed by atoms with Crippen LogP contribution in [0.25, 0.3) is 0 Å². The molecule has 2 rings (SSSR count). The van der Waals surface area contributed by atoms with Gasteiger partial charge in [-0.05, 0) is 48.8 Å². The fraction of sp³-hybridized carbons (Fsp3) is 0.538. The summed E-state index contributed by atoms with van der Waals surface area (Å²) in [5, 5.41) is 18.9. The van der Waals surface area contributed by atoms with Crippen molar-refractivity contribution in [2.45, 2.75) is 38.7 Å². The number of hydrogen-bond donors (Lipinski definition) is 2. The average Bonchev–Trinajstić information content (AvgIpc) is 2.45. The lowest BCUT2D eigenvalue weighted by Gasteiger charge is -2.23. The minimum absolute atomic E-state index is 0.132. The van der Waals surface area contributed by atoms with Gasteiger partial charge < -0.3 is 10.2 Å². The van der Waals surface area contributed by atoms with Crippen molar-refractivity contribution >= 4 is 0 Å². The van der Waals surface area contributed by atoms with Gasteiger partial charge in [0.2, 0.25) is 0 Å². The predicted molar refractivity (Wildman–Crippen MR) is 59.8 cm³/mol. The summed E-state index contributed by atoms with van der Waals surface area (Å²) in [5.41, 5.74) is 1.36. The van der Waals surface area contributed by atoms with Crippen molar-refractivity contribution in [2.75, 3.05) is 0 Å². The topological polar surface area (TPSA) is 40.5 Å². The van der Waals surface area contributed by atoms with Gasteiger partial charge in [0.1, 0.15) is 5.75 Å². The predicted octanol–water partition coefficient (Wildman–Crippen LogP) is 2.49. The fourth-order valence-corrected chi connectivity index (χ4v) is 2.61. The number of phenolic OH excluding ortho intramolecular Hbond substituents is 1. The Morgan fingerprint density at radius 2 is 2.27 bits per heavy atom. The summed E-state index contributed by atoms with van der Waals surface area (Å²) in [4.78, 5) is 0. The zero-order valence-corrected chi connectivity index (χ0v) is 9.11. The van der Waals surface area contributed by atoms with Gasteiger partial charge in [-0.25, -0.2) is 0 Å². The van der Waals surface area contributed by atoms with Crippen LogP contribution in [0.4, 0.5) is 0 Å². The molecular formula is C13H18O2. The minimum atomic E-state index is -0.132. The van der Waals surface area contributed by atoms with E-state index in [0.29, 0.717) is 5.75 Å². The largest absolute Gasteiger partial charge is 0.508 e. The first-order chi connectivity index (χ1) is 7.07. The van der Waals surface area contributed by atoms with Crippen molar-refractivity contribution in [1.29, 1.82) is 0 Å². The van der Waals surface area contributed by atoms with Gasteiger partial charge in [0.25, 0.3) is 0 Å². The fourth-order valence-electron chi connectivity index (χ4n) is 2.61. The van der Waals surface area contributed by atoms with Crippen LogP contribution in [0.3, 0.4) is 0 Å². The van der Waals surface area contributed by atoms with Gasteiger partial charge in [-0.2, -0.15) is 0 Å². The van der Waals surface area contributed by atoms with Gasteiger partial charge in [0, 0.05) is 0 Å². The number of aliphatic hydroxyl groups excluding tert-OH is 1. The standard InChI is InChI=1S/C13H18O2/c1-13(6-5-12(15)9-13)8-10-3-2-4-11(14)7-10/h2-4,7,12,14-15H,5-6,8-9H2,1H3. The molecule has 0 saturated heterocycles. The molecule has 1 aliphatic carbocycles. The first-order valence-electron chi connectivity index (χ1n) is 5.53. The number of benzene rings is 1. The molecule has 0 bridgehead atoms. The second-order valence-corrected chi connectivity index (χ2v) is 5.05. The zero-order valence-electron chi connectivity index (χ0n) is 9.11. The molecule has 0 heterocycles. The highest BCUT2D eigenvalue weighted by atomic mass is 16.3. The van der Waals surface area contributed by atoms with Crippen LogP contribution in [0, 0.1) is 5.41 Å². The molecule has 1 aromatic carbocycles. The Labute approximate surface area is 90.6 Å². The zero-order chi connectivity index (χ0) is 10.9. The number of rotatable bonds is 2. The quantitative estimate of drug-likeness (QED) is 0.780. The van der Waals surface area contributed by atoms with E-state index in [4.69, 9.17) is 0 Å². The van der Waals surface area contributed by atoms with Crippen LogP contribution in [0.1, 0.15) is 31.7 Å². The molecule has 1 fully saturated rings. The summed E-state index contributed by atoms with van der Waals surface area (Å²) in [6, 6.07) is 7.42. The van der Waals surface area contributed by atoms with E-state index in [1.165, 1.54) is 0 Å². The third-order valence-electron chi connectivity index (χ3n) is 3.35. The maximum Gasteiger partial charge on any atom is 0.115 e. The van der Waals surface area contributed by atoms with E-state index in [1.54, 1.807) is 6.07 Å². The Hall–Kier alpha value is -1.02. The number of phenols is 1. The molecule has 1 aromatic rings. The Kier molecular flexibility index (Phi) is 2.70. The van der Waals surface area contributed by atoms with Crippen LogP contribution in [-0.4, -0.2) is 16.3 Å². The molecule has 2 nitrogen and oxygen atoms in total. The molecule has 2 atom stereocenters. The van der Waals surface area contributed by atoms with Gasteiger partial charge >= 0.3 is 0 Å². The first-order valence-corrected chi connectivity index (χ1v) is 5.53. The van der Waals surface area contributed by atoms with Gasteiger partial charge in [-0.15, -0.1) is 0 Å². The number of aliphatic hydroxyl groups is 1. The van der Waals surface area contributed by atoms with Crippen molar-refractivity contribution in [3.63, 3.8) is 0 Å². The molecule has 0 amide bonds. The van der Waals surface area contributed by atoms with Crippen molar-refractivity contribution in [2.24, 2.45) is 5.41 Å². The molecule has 0 aliphatic heterocycles. The molecule has 0 aromatic heterocycles. The van der Waals surface area contributed by atoms with E-state index in [0.717, 1.165) is 31.2 Å². The molecule has 2 N–H and O–H groups in total. The van der Waals surface area contributed by atoms with Gasteiger partial charge in [0.15, 0.2) is 0 Å². The van der Waals surface area contributed by atoms with Crippen LogP contribution in [0.15, 0.2) is 24.3 Å². The smallest absolute Gasteiger partial charge is 0.115 e. The monoisotopic (exact) mass is 206 g/mol. The van der Waals surface area contributed by atoms with Crippen LogP contribution in [0.2, 0.25) is 0 Å². The lowest BCUT2D eigenvalue weighted by atomic mass is 9.82. The van der Waals surface area contributed by atoms with Crippen LogP contribution in [-0.2, 0) is 6.42 Å². The summed E-state index contributed by atoms with van der Waals surface area (Å²) >= 11 is 0. The lowest BCUT2D eigenvalue weighted by molar-refractivity contribution is 0.163. The highest BCUT2D eigenvalue weighted by molar-refractivity contribution is 5.28. The molecule has 2 unspecified atom stereocenters. The van der Waals surface area contributed by atoms with E-state index >= 15 is 0 Å². The maximum atomic E-state index is 9.55. The Bertz CT molecular complexity index is 348. The molecule has 2 heteroatoms. The van der Waals surface area contributed by atoms with Crippen molar-refractivity contribution < 1.29 is 10.2 Å². The molecule has 0 radical (unpaired) electrons. The molecule has 82 valence electrons. The van der Waals surface area contributed by atoms with Crippen LogP contribution in [0.5, 0.6) is 5.75 Å². The Morgan fingerprint density at radius 3 is 2.87 bits per heavy atom.